The minimum Gasteiger partial charge on any atom is -0.399 e. The van der Waals surface area contributed by atoms with E-state index in [0.29, 0.717) is 0 Å². The van der Waals surface area contributed by atoms with Crippen molar-refractivity contribution in [2.24, 2.45) is 0 Å². The van der Waals surface area contributed by atoms with Crippen molar-refractivity contribution in [3.63, 3.8) is 0 Å². The molecule has 0 amide bonds. The molecule has 0 unspecified atom stereocenters. The monoisotopic (exact) mass is 1660 g/mol. The molecule has 0 aliphatic rings. The molecule has 0 aliphatic heterocycles. The topological polar surface area (TPSA) is 279 Å². The zero-order chi connectivity index (χ0) is 77.4. The Bertz CT molecular complexity index is 7450. The highest BCUT2D eigenvalue weighted by molar-refractivity contribution is 9.10. The molecule has 0 fully saturated rings. The van der Waals surface area contributed by atoms with E-state index in [1.165, 1.54) is 15.1 Å². The molecule has 22 heteroatoms. The fourth-order valence-corrected chi connectivity index (χ4v) is 17.8. The van der Waals surface area contributed by atoms with Gasteiger partial charge < -0.3 is 55.6 Å². The predicted octanol–water partition coefficient (Wildman–Crippen LogP) is 26.1. The fourth-order valence-electron chi connectivity index (χ4n) is 15.6. The van der Waals surface area contributed by atoms with Crippen LogP contribution in [0.3, 0.4) is 0 Å². The first-order chi connectivity index (χ1) is 56.5. The number of hydrogen-bond donors (Lipinski definition) is 11. The number of nitrogens with two attached hydrogens (primary N) is 1. The highest BCUT2D eigenvalue weighted by Gasteiger charge is 2.26. The summed E-state index contributed by atoms with van der Waals surface area (Å²) in [4.78, 5) is 68.0. The number of nitro benzene ring substituents is 1. The van der Waals surface area contributed by atoms with Crippen molar-refractivity contribution in [3.05, 3.63) is 321 Å². The van der Waals surface area contributed by atoms with E-state index >= 15 is 0 Å². The third-order valence-electron chi connectivity index (χ3n) is 21.0. The summed E-state index contributed by atoms with van der Waals surface area (Å²) in [5, 5.41) is 26.2. The Kier molecular flexibility index (Phi) is 17.8. The number of nitrogen functional groups attached to an aromatic ring is 1. The second-order valence-corrected chi connectivity index (χ2v) is 31.6. The first-order valence-corrected chi connectivity index (χ1v) is 40.4. The summed E-state index contributed by atoms with van der Waals surface area (Å²) in [6, 6.07) is 85.2. The molecule has 11 aromatic carbocycles. The van der Waals surface area contributed by atoms with Crippen LogP contribution in [0.15, 0.2) is 305 Å². The number of anilines is 1. The van der Waals surface area contributed by atoms with Gasteiger partial charge >= 0.3 is 0 Å². The van der Waals surface area contributed by atoms with Crippen molar-refractivity contribution in [3.8, 4) is 112 Å². The Morgan fingerprint density at radius 2 is 0.835 bits per heavy atom. The number of benzene rings is 11. The molecule has 0 aliphatic carbocycles. The first kappa shape index (κ1) is 70.0. The molecule has 12 aromatic heterocycles. The van der Waals surface area contributed by atoms with Crippen LogP contribution in [0.25, 0.3) is 210 Å². The number of thiophene rings is 2. The maximum absolute atomic E-state index is 11.4. The lowest BCUT2D eigenvalue weighted by atomic mass is 9.99. The van der Waals surface area contributed by atoms with Crippen molar-refractivity contribution < 1.29 is 4.92 Å². The summed E-state index contributed by atoms with van der Waals surface area (Å²) in [6.45, 7) is 2.09. The molecule has 0 saturated carbocycles. The maximum atomic E-state index is 11.4. The Morgan fingerprint density at radius 3 is 1.45 bits per heavy atom. The highest BCUT2D eigenvalue weighted by atomic mass is 79.9. The van der Waals surface area contributed by atoms with Gasteiger partial charge in [0.2, 0.25) is 0 Å². The SMILES string of the molecule is Brc1ccc2[nH]cc(-c3nc(-c4c[nH]c5ccccc45)c(-c4c[nH]c5ccccc45)[nH]3)c2c1.Cc1[nH]c2ccccc2c1-c1nc(-c2ccccc2)c(-c2ccc(N)cc2)[nH]1.O=[N+]([O-])c1ccc2c3ccccc3c3[nH]c(-c4c[nH]c5ccc(Br)cc45)nc3c2c1.c1csc(-c2nc(-c3c[nH]c4ccccc34)[nH]c2-c2cccs2)c1. The zero-order valence-corrected chi connectivity index (χ0v) is 65.8. The number of aryl methyl sites for hydroxylation is 1. The lowest BCUT2D eigenvalue weighted by Crippen LogP contribution is -1.88. The van der Waals surface area contributed by atoms with E-state index in [-0.39, 0.29) is 10.6 Å². The molecule has 0 bridgehead atoms. The van der Waals surface area contributed by atoms with E-state index in [2.05, 4.69) is 239 Å². The second kappa shape index (κ2) is 29.2. The predicted molar refractivity (Wildman–Crippen MR) is 479 cm³/mol. The number of imidazole rings is 4. The van der Waals surface area contributed by atoms with Gasteiger partial charge in [-0.1, -0.05) is 184 Å². The molecule has 23 rings (SSSR count). The van der Waals surface area contributed by atoms with Crippen LogP contribution in [0.2, 0.25) is 0 Å². The number of hydrogen-bond acceptors (Lipinski definition) is 9. The van der Waals surface area contributed by atoms with Crippen LogP contribution in [0, 0.1) is 17.0 Å². The van der Waals surface area contributed by atoms with Gasteiger partial charge in [0.25, 0.3) is 5.69 Å². The molecule has 0 saturated heterocycles. The van der Waals surface area contributed by atoms with E-state index in [1.807, 2.05) is 134 Å². The number of nitro groups is 1. The minimum absolute atomic E-state index is 0.0552. The minimum atomic E-state index is -0.370. The number of halogens is 2. The largest absolute Gasteiger partial charge is 0.399 e. The third kappa shape index (κ3) is 12.8. The van der Waals surface area contributed by atoms with Gasteiger partial charge in [-0.3, -0.25) is 10.1 Å². The number of H-pyrrole nitrogens is 10. The lowest BCUT2D eigenvalue weighted by Gasteiger charge is -2.05. The number of nitrogens with one attached hydrogen (secondary N) is 10. The van der Waals surface area contributed by atoms with Crippen LogP contribution >= 0.6 is 54.5 Å². The Balaban J connectivity index is 0.0000000997. The van der Waals surface area contributed by atoms with Crippen molar-refractivity contribution in [1.82, 2.24) is 69.8 Å². The van der Waals surface area contributed by atoms with Gasteiger partial charge in [-0.15, -0.1) is 22.7 Å². The van der Waals surface area contributed by atoms with E-state index in [0.717, 1.165) is 215 Å². The van der Waals surface area contributed by atoms with Crippen molar-refractivity contribution >= 4 is 164 Å². The van der Waals surface area contributed by atoms with E-state index < -0.39 is 0 Å². The molecule has 115 heavy (non-hydrogen) atoms. The quantitative estimate of drug-likeness (QED) is 0.0258. The van der Waals surface area contributed by atoms with Gasteiger partial charge in [0.15, 0.2) is 0 Å². The number of para-hydroxylation sites is 4. The molecular weight excluding hydrogens is 1600 g/mol. The van der Waals surface area contributed by atoms with Gasteiger partial charge in [0, 0.05) is 184 Å². The summed E-state index contributed by atoms with van der Waals surface area (Å²) in [5.74, 6) is 3.32. The average Bonchev–Trinajstić information content (AvgIpc) is 1.71. The lowest BCUT2D eigenvalue weighted by molar-refractivity contribution is -0.384. The summed E-state index contributed by atoms with van der Waals surface area (Å²) in [7, 11) is 0. The molecular formula is C93H64Br2N16O2S2. The smallest absolute Gasteiger partial charge is 0.270 e. The number of aromatic nitrogens is 14. The van der Waals surface area contributed by atoms with Crippen LogP contribution < -0.4 is 5.73 Å². The Hall–Kier alpha value is -14.2. The molecule has 0 radical (unpaired) electrons. The molecule has 12 heterocycles. The van der Waals surface area contributed by atoms with E-state index in [9.17, 15) is 10.1 Å². The van der Waals surface area contributed by atoms with E-state index in [4.69, 9.17) is 25.7 Å². The number of fused-ring (bicyclic) bond motifs is 12. The molecule has 23 aromatic rings. The van der Waals surface area contributed by atoms with Crippen LogP contribution in [0.5, 0.6) is 0 Å². The second-order valence-electron chi connectivity index (χ2n) is 27.9. The summed E-state index contributed by atoms with van der Waals surface area (Å²) in [5.41, 5.74) is 30.4. The number of aromatic amines is 10. The summed E-state index contributed by atoms with van der Waals surface area (Å²) >= 11 is 10.6. The molecule has 18 nitrogen and oxygen atoms in total. The maximum Gasteiger partial charge on any atom is 0.270 e. The Morgan fingerprint density at radius 1 is 0.357 bits per heavy atom. The third-order valence-corrected chi connectivity index (χ3v) is 23.8. The normalized spacial score (nSPS) is 11.5. The number of nitrogens with zero attached hydrogens (tertiary/aromatic N) is 5. The fraction of sp³-hybridized carbons (Fsp3) is 0.0108. The summed E-state index contributed by atoms with van der Waals surface area (Å²) in [6.07, 6.45) is 10.1. The summed E-state index contributed by atoms with van der Waals surface area (Å²) < 4.78 is 2.02. The van der Waals surface area contributed by atoms with Crippen molar-refractivity contribution in [1.29, 1.82) is 0 Å². The zero-order valence-electron chi connectivity index (χ0n) is 61.0. The Labute approximate surface area is 679 Å². The molecule has 0 atom stereocenters. The highest BCUT2D eigenvalue weighted by Crippen LogP contribution is 2.45. The molecule has 12 N–H and O–H groups in total. The number of rotatable bonds is 11. The van der Waals surface area contributed by atoms with Gasteiger partial charge in [-0.05, 0) is 119 Å². The van der Waals surface area contributed by atoms with Gasteiger partial charge in [0.05, 0.1) is 54.2 Å². The van der Waals surface area contributed by atoms with Crippen molar-refractivity contribution in [2.75, 3.05) is 5.73 Å². The van der Waals surface area contributed by atoms with E-state index in [1.54, 1.807) is 34.8 Å². The molecule has 0 spiro atoms. The van der Waals surface area contributed by atoms with Crippen LogP contribution in [-0.4, -0.2) is 74.7 Å². The first-order valence-electron chi connectivity index (χ1n) is 37.1. The van der Waals surface area contributed by atoms with Crippen molar-refractivity contribution in [2.45, 2.75) is 6.92 Å². The van der Waals surface area contributed by atoms with Gasteiger partial charge in [-0.25, -0.2) is 19.9 Å². The van der Waals surface area contributed by atoms with Crippen LogP contribution in [0.1, 0.15) is 5.69 Å². The van der Waals surface area contributed by atoms with Crippen LogP contribution in [-0.2, 0) is 0 Å². The number of non-ortho nitro benzene ring substituents is 1. The standard InChI is InChI=1S/C27H18BrN5.C24H20N4.C23H13BrN4O2.C19H13N3S2/c28-15-9-10-24-18(11-15)21(14-31-24)27-32-25(19-12-29-22-7-3-1-5-16(19)22)26(33-27)20-13-30-23-8-4-2-6-17(20)23;1-15-21(19-9-5-6-10-20(19)26-15)24-27-22(16-7-3-2-4-8-16)23(28-24)17-11-13-18(25)14-12-17;24-12-5-8-20-17(9-12)19(11-25-20)23-26-21-16-4-2-1-3-14(16)15-7-6-13(28(29)30)10-18(15)22(21)27-23;1-2-6-14-12(5-1)13(11-20-14)19-21-17(15-7-3-9-23-15)18(22-19)16-8-4-10-24-16/h1-14,29-31H,(H,32,33);2-14,26H,25H2,1H3,(H,27,28);1-11,25H,(H,26,27);1-11,20H,(H,21,22). The van der Waals surface area contributed by atoms with Gasteiger partial charge in [-0.2, -0.15) is 0 Å². The average molecular weight is 1660 g/mol. The molecule has 554 valence electrons. The van der Waals surface area contributed by atoms with Crippen LogP contribution in [0.4, 0.5) is 11.4 Å². The van der Waals surface area contributed by atoms with Gasteiger partial charge in [0.1, 0.15) is 29.0 Å².